The number of methoxy groups -OCH3 is 4. The van der Waals surface area contributed by atoms with Crippen LogP contribution in [0.5, 0.6) is 34.5 Å². The number of unbranched alkanes of at least 4 members (excludes halogenated alkanes) is 2. The van der Waals surface area contributed by atoms with Crippen molar-refractivity contribution in [1.82, 2.24) is 20.4 Å². The molecule has 81 heavy (non-hydrogen) atoms. The standard InChI is InChI=1S/C60H72N6O15/c1-8-60(2,3)55(70)58(73)65-29-13-11-21-46(65)59(74)81-47(25-22-37-23-26-48(75-4)49(30-37)76-5)38-16-14-18-41(31-38)79-35-40(67)17-10-9-12-28-61-53(69)36-80-54-50(77-6)32-39(33-51(54)78-7)63-64-44-20-15-19-42-43(44)34-66(57(42)72)45-24-27-52(68)62-56(45)71/h14-16,18-20,23,26,30-33,45-47H,8-13,17,21-22,24-25,27-29,34-36H2,1-7H3,(H,61,69)(H,62,68,71)/t45?,46-,47+/m0/s1. The van der Waals surface area contributed by atoms with Gasteiger partial charge in [-0.3, -0.25) is 38.9 Å². The molecule has 21 nitrogen and oxygen atoms in total. The van der Waals surface area contributed by atoms with Crippen molar-refractivity contribution in [3.63, 3.8) is 0 Å². The average molecular weight is 1120 g/mol. The zero-order valence-corrected chi connectivity index (χ0v) is 47.1. The summed E-state index contributed by atoms with van der Waals surface area (Å²) in [5, 5.41) is 13.9. The first-order valence-electron chi connectivity index (χ1n) is 27.3. The Hall–Kier alpha value is -8.36. The Bertz CT molecular complexity index is 2990. The summed E-state index contributed by atoms with van der Waals surface area (Å²) in [6.45, 7) is 5.52. The van der Waals surface area contributed by atoms with Gasteiger partial charge in [0, 0.05) is 61.2 Å². The molecule has 5 amide bonds. The van der Waals surface area contributed by atoms with Crippen LogP contribution in [0.3, 0.4) is 0 Å². The third-order valence-electron chi connectivity index (χ3n) is 14.8. The van der Waals surface area contributed by atoms with E-state index in [-0.39, 0.29) is 86.3 Å². The Morgan fingerprint density at radius 3 is 2.25 bits per heavy atom. The third kappa shape index (κ3) is 15.3. The van der Waals surface area contributed by atoms with Gasteiger partial charge in [-0.25, -0.2) is 4.79 Å². The van der Waals surface area contributed by atoms with Crippen LogP contribution in [0.4, 0.5) is 11.4 Å². The molecule has 0 bridgehead atoms. The van der Waals surface area contributed by atoms with E-state index in [9.17, 15) is 38.4 Å². The number of carbonyl (C=O) groups is 8. The van der Waals surface area contributed by atoms with Crippen LogP contribution < -0.4 is 39.1 Å². The molecule has 3 heterocycles. The summed E-state index contributed by atoms with van der Waals surface area (Å²) >= 11 is 0. The molecule has 2 saturated heterocycles. The second-order valence-corrected chi connectivity index (χ2v) is 20.7. The number of Topliss-reactive ketones (excluding diaryl/α,β-unsaturated/α-hetero) is 2. The number of ketones is 2. The molecule has 7 rings (SSSR count). The van der Waals surface area contributed by atoms with Gasteiger partial charge in [-0.15, -0.1) is 0 Å². The van der Waals surface area contributed by atoms with Gasteiger partial charge in [-0.05, 0) is 105 Å². The maximum absolute atomic E-state index is 14.1. The van der Waals surface area contributed by atoms with Crippen LogP contribution in [0, 0.1) is 5.41 Å². The van der Waals surface area contributed by atoms with Crippen molar-refractivity contribution in [2.24, 2.45) is 15.6 Å². The third-order valence-corrected chi connectivity index (χ3v) is 14.8. The number of benzene rings is 4. The van der Waals surface area contributed by atoms with Gasteiger partial charge in [0.25, 0.3) is 17.7 Å². The van der Waals surface area contributed by atoms with Crippen LogP contribution in [-0.2, 0) is 51.3 Å². The minimum atomic E-state index is -0.920. The highest BCUT2D eigenvalue weighted by Crippen LogP contribution is 2.42. The number of azo groups is 1. The van der Waals surface area contributed by atoms with Crippen LogP contribution in [-0.4, -0.2) is 124 Å². The summed E-state index contributed by atoms with van der Waals surface area (Å²) in [6, 6.07) is 19.1. The number of fused-ring (bicyclic) bond motifs is 1. The van der Waals surface area contributed by atoms with Gasteiger partial charge < -0.3 is 48.3 Å². The highest BCUT2D eigenvalue weighted by atomic mass is 16.6. The second kappa shape index (κ2) is 28.2. The number of hydrogen-bond donors (Lipinski definition) is 2. The first-order valence-corrected chi connectivity index (χ1v) is 27.3. The Labute approximate surface area is 471 Å². The fourth-order valence-electron chi connectivity index (χ4n) is 9.77. The topological polar surface area (TPSA) is 256 Å². The van der Waals surface area contributed by atoms with Crippen molar-refractivity contribution in [3.8, 4) is 34.5 Å². The minimum Gasteiger partial charge on any atom is -0.493 e. The molecular formula is C60H72N6O15. The number of hydrogen-bond acceptors (Lipinski definition) is 17. The molecule has 0 aromatic heterocycles. The molecule has 4 aromatic carbocycles. The summed E-state index contributed by atoms with van der Waals surface area (Å²) in [5.74, 6) is -1.36. The van der Waals surface area contributed by atoms with E-state index < -0.39 is 47.2 Å². The maximum atomic E-state index is 14.1. The predicted molar refractivity (Wildman–Crippen MR) is 295 cm³/mol. The number of amides is 5. The molecule has 21 heteroatoms. The number of nitrogens with zero attached hydrogens (tertiary/aromatic N) is 4. The minimum absolute atomic E-state index is 0.119. The number of esters is 1. The molecule has 432 valence electrons. The molecule has 0 aliphatic carbocycles. The van der Waals surface area contributed by atoms with Gasteiger partial charge in [-0.2, -0.15) is 10.2 Å². The molecule has 4 aromatic rings. The smallest absolute Gasteiger partial charge is 0.329 e. The molecule has 3 atom stereocenters. The SMILES string of the molecule is CCC(C)(C)C(=O)C(=O)N1CCCC[C@H]1C(=O)O[C@H](CCc1ccc(OC)c(OC)c1)c1cccc(OCC(=O)CCCCCNC(=O)COc2c(OC)cc(N=Nc3cccc4c3CN(C3CCC(=O)NC3=O)C4=O)cc2OC)c1. The number of nitrogens with one attached hydrogen (secondary N) is 2. The highest BCUT2D eigenvalue weighted by Gasteiger charge is 2.42. The first-order chi connectivity index (χ1) is 39.0. The summed E-state index contributed by atoms with van der Waals surface area (Å²) < 4.78 is 40.1. The Balaban J connectivity index is 0.875. The fraction of sp³-hybridized carbons (Fsp3) is 0.467. The van der Waals surface area contributed by atoms with E-state index in [4.69, 9.17) is 33.2 Å². The van der Waals surface area contributed by atoms with Crippen LogP contribution in [0.2, 0.25) is 0 Å². The van der Waals surface area contributed by atoms with Crippen molar-refractivity contribution in [3.05, 3.63) is 95.1 Å². The summed E-state index contributed by atoms with van der Waals surface area (Å²) in [6.07, 6.45) is 4.71. The van der Waals surface area contributed by atoms with Gasteiger partial charge in [0.05, 0.1) is 39.8 Å². The molecular weight excluding hydrogens is 1040 g/mol. The van der Waals surface area contributed by atoms with Crippen LogP contribution in [0.1, 0.15) is 125 Å². The van der Waals surface area contributed by atoms with E-state index in [1.54, 1.807) is 82.7 Å². The number of piperidine rings is 2. The van der Waals surface area contributed by atoms with Crippen molar-refractivity contribution < 1.29 is 71.5 Å². The quantitative estimate of drug-likeness (QED) is 0.0179. The lowest BCUT2D eigenvalue weighted by Crippen LogP contribution is -2.53. The Morgan fingerprint density at radius 2 is 1.53 bits per heavy atom. The Kier molecular flexibility index (Phi) is 21.0. The van der Waals surface area contributed by atoms with Gasteiger partial charge in [-0.1, -0.05) is 51.5 Å². The molecule has 0 spiro atoms. The molecule has 3 aliphatic heterocycles. The fourth-order valence-corrected chi connectivity index (χ4v) is 9.77. The lowest BCUT2D eigenvalue weighted by Gasteiger charge is -2.36. The van der Waals surface area contributed by atoms with Gasteiger partial charge >= 0.3 is 5.97 Å². The Morgan fingerprint density at radius 1 is 0.790 bits per heavy atom. The number of rotatable bonds is 28. The summed E-state index contributed by atoms with van der Waals surface area (Å²) in [7, 11) is 5.97. The van der Waals surface area contributed by atoms with Crippen LogP contribution in [0.25, 0.3) is 0 Å². The van der Waals surface area contributed by atoms with E-state index >= 15 is 0 Å². The van der Waals surface area contributed by atoms with Crippen molar-refractivity contribution in [1.29, 1.82) is 0 Å². The number of aryl methyl sites for hydroxylation is 1. The number of imide groups is 1. The van der Waals surface area contributed by atoms with E-state index in [1.165, 1.54) is 24.0 Å². The zero-order chi connectivity index (χ0) is 58.2. The van der Waals surface area contributed by atoms with Gasteiger partial charge in [0.1, 0.15) is 30.5 Å². The molecule has 2 N–H and O–H groups in total. The largest absolute Gasteiger partial charge is 0.493 e. The molecule has 0 saturated carbocycles. The van der Waals surface area contributed by atoms with Crippen LogP contribution in [0.15, 0.2) is 83.0 Å². The molecule has 0 radical (unpaired) electrons. The normalized spacial score (nSPS) is 16.5. The van der Waals surface area contributed by atoms with E-state index in [2.05, 4.69) is 20.9 Å². The van der Waals surface area contributed by atoms with E-state index in [0.717, 1.165) is 5.56 Å². The van der Waals surface area contributed by atoms with Crippen molar-refractivity contribution in [2.45, 2.75) is 123 Å². The number of likely N-dealkylation sites (tertiary alicyclic amines) is 1. The van der Waals surface area contributed by atoms with E-state index in [0.29, 0.717) is 110 Å². The van der Waals surface area contributed by atoms with E-state index in [1.807, 2.05) is 25.1 Å². The number of ether oxygens (including phenoxy) is 7. The lowest BCUT2D eigenvalue weighted by atomic mass is 9.84. The summed E-state index contributed by atoms with van der Waals surface area (Å²) in [4.78, 5) is 107. The van der Waals surface area contributed by atoms with Crippen LogP contribution >= 0.6 is 0 Å². The second-order valence-electron chi connectivity index (χ2n) is 20.7. The first kappa shape index (κ1) is 60.3. The van der Waals surface area contributed by atoms with Crippen molar-refractivity contribution >= 4 is 58.4 Å². The molecule has 2 fully saturated rings. The zero-order valence-electron chi connectivity index (χ0n) is 47.1. The lowest BCUT2D eigenvalue weighted by molar-refractivity contribution is -0.164. The predicted octanol–water partition coefficient (Wildman–Crippen LogP) is 8.20. The van der Waals surface area contributed by atoms with Gasteiger partial charge in [0.2, 0.25) is 23.3 Å². The average Bonchev–Trinajstić information content (AvgIpc) is 3.92. The maximum Gasteiger partial charge on any atom is 0.329 e. The highest BCUT2D eigenvalue weighted by molar-refractivity contribution is 6.38. The summed E-state index contributed by atoms with van der Waals surface area (Å²) in [5.41, 5.74) is 2.41. The van der Waals surface area contributed by atoms with Gasteiger partial charge in [0.15, 0.2) is 35.4 Å². The number of carbonyl (C=O) groups excluding carboxylic acids is 8. The molecule has 3 aliphatic rings. The molecule has 1 unspecified atom stereocenters. The monoisotopic (exact) mass is 1120 g/mol. The van der Waals surface area contributed by atoms with Crippen molar-refractivity contribution in [2.75, 3.05) is 54.7 Å².